The molecule has 2 rings (SSSR count). The van der Waals surface area contributed by atoms with E-state index < -0.39 is 0 Å². The number of aromatic nitrogens is 2. The molecular weight excluding hydrogens is 236 g/mol. The van der Waals surface area contributed by atoms with Crippen LogP contribution in [-0.2, 0) is 6.42 Å². The quantitative estimate of drug-likeness (QED) is 0.848. The smallest absolute Gasteiger partial charge is 0.252 e. The molecular formula is C11H12N4OS. The van der Waals surface area contributed by atoms with Gasteiger partial charge in [0.1, 0.15) is 5.82 Å². The van der Waals surface area contributed by atoms with E-state index in [-0.39, 0.29) is 5.91 Å². The zero-order valence-corrected chi connectivity index (χ0v) is 9.91. The predicted octanol–water partition coefficient (Wildman–Crippen LogP) is 1.09. The molecule has 0 aliphatic heterocycles. The van der Waals surface area contributed by atoms with E-state index >= 15 is 0 Å². The van der Waals surface area contributed by atoms with Gasteiger partial charge in [-0.2, -0.15) is 0 Å². The number of thiazole rings is 1. The normalized spacial score (nSPS) is 10.1. The van der Waals surface area contributed by atoms with Crippen molar-refractivity contribution in [2.24, 2.45) is 0 Å². The average Bonchev–Trinajstić information content (AvgIpc) is 2.83. The van der Waals surface area contributed by atoms with Crippen molar-refractivity contribution in [1.82, 2.24) is 15.3 Å². The Bertz CT molecular complexity index is 481. The number of carbonyl (C=O) groups is 1. The Labute approximate surface area is 103 Å². The number of nitrogen functional groups attached to an aromatic ring is 1. The van der Waals surface area contributed by atoms with Crippen LogP contribution in [0.4, 0.5) is 5.82 Å². The monoisotopic (exact) mass is 248 g/mol. The van der Waals surface area contributed by atoms with E-state index in [9.17, 15) is 4.79 Å². The summed E-state index contributed by atoms with van der Waals surface area (Å²) in [5.74, 6) is 0.262. The van der Waals surface area contributed by atoms with Gasteiger partial charge in [-0.15, -0.1) is 11.3 Å². The van der Waals surface area contributed by atoms with Gasteiger partial charge in [0.05, 0.1) is 10.6 Å². The van der Waals surface area contributed by atoms with Crippen LogP contribution in [0.1, 0.15) is 15.4 Å². The minimum atomic E-state index is -0.144. The summed E-state index contributed by atoms with van der Waals surface area (Å²) >= 11 is 1.58. The molecule has 6 heteroatoms. The summed E-state index contributed by atoms with van der Waals surface area (Å²) in [6.07, 6.45) is 3.96. The fraction of sp³-hybridized carbons (Fsp3) is 0.182. The second-order valence-electron chi connectivity index (χ2n) is 3.40. The molecule has 2 heterocycles. The molecule has 0 aliphatic carbocycles. The van der Waals surface area contributed by atoms with Gasteiger partial charge in [-0.05, 0) is 12.1 Å². The van der Waals surface area contributed by atoms with Crippen molar-refractivity contribution in [1.29, 1.82) is 0 Å². The fourth-order valence-electron chi connectivity index (χ4n) is 1.30. The van der Waals surface area contributed by atoms with E-state index in [1.807, 2.05) is 5.38 Å². The molecule has 0 atom stereocenters. The number of rotatable bonds is 4. The molecule has 0 saturated heterocycles. The molecule has 0 radical (unpaired) electrons. The maximum atomic E-state index is 11.7. The van der Waals surface area contributed by atoms with Crippen LogP contribution in [-0.4, -0.2) is 22.4 Å². The van der Waals surface area contributed by atoms with Crippen molar-refractivity contribution in [3.8, 4) is 0 Å². The van der Waals surface area contributed by atoms with Gasteiger partial charge in [0.15, 0.2) is 0 Å². The Hall–Kier alpha value is -1.95. The van der Waals surface area contributed by atoms with Crippen molar-refractivity contribution >= 4 is 23.1 Å². The highest BCUT2D eigenvalue weighted by Gasteiger charge is 2.05. The second-order valence-corrected chi connectivity index (χ2v) is 4.38. The Morgan fingerprint density at radius 2 is 2.29 bits per heavy atom. The third-order valence-electron chi connectivity index (χ3n) is 2.16. The number of carbonyl (C=O) groups excluding carboxylic acids is 1. The highest BCUT2D eigenvalue weighted by molar-refractivity contribution is 7.09. The van der Waals surface area contributed by atoms with E-state index in [1.165, 1.54) is 6.20 Å². The molecule has 2 aromatic rings. The molecule has 1 amide bonds. The lowest BCUT2D eigenvalue weighted by atomic mass is 10.2. The van der Waals surface area contributed by atoms with Gasteiger partial charge in [0.2, 0.25) is 0 Å². The van der Waals surface area contributed by atoms with E-state index in [0.717, 1.165) is 11.4 Å². The van der Waals surface area contributed by atoms with Gasteiger partial charge < -0.3 is 11.1 Å². The molecule has 88 valence electrons. The highest BCUT2D eigenvalue weighted by Crippen LogP contribution is 2.04. The van der Waals surface area contributed by atoms with Crippen LogP contribution in [0.2, 0.25) is 0 Å². The number of nitrogens with one attached hydrogen (secondary N) is 1. The Kier molecular flexibility index (Phi) is 3.66. The molecule has 3 N–H and O–H groups in total. The third kappa shape index (κ3) is 3.25. The van der Waals surface area contributed by atoms with Crippen molar-refractivity contribution < 1.29 is 4.79 Å². The highest BCUT2D eigenvalue weighted by atomic mass is 32.1. The van der Waals surface area contributed by atoms with Crippen LogP contribution in [0.15, 0.2) is 29.9 Å². The molecule has 5 nitrogen and oxygen atoms in total. The Morgan fingerprint density at radius 3 is 2.94 bits per heavy atom. The first-order valence-electron chi connectivity index (χ1n) is 5.14. The summed E-state index contributed by atoms with van der Waals surface area (Å²) in [7, 11) is 0. The summed E-state index contributed by atoms with van der Waals surface area (Å²) in [4.78, 5) is 19.7. The SMILES string of the molecule is Nc1ccc(C(=O)NCCc2nccs2)cn1. The molecule has 0 unspecified atom stereocenters. The summed E-state index contributed by atoms with van der Waals surface area (Å²) in [6.45, 7) is 0.566. The van der Waals surface area contributed by atoms with Crippen molar-refractivity contribution in [2.75, 3.05) is 12.3 Å². The van der Waals surface area contributed by atoms with Crippen molar-refractivity contribution in [2.45, 2.75) is 6.42 Å². The topological polar surface area (TPSA) is 80.9 Å². The molecule has 0 aromatic carbocycles. The molecule has 0 saturated carbocycles. The molecule has 17 heavy (non-hydrogen) atoms. The average molecular weight is 248 g/mol. The third-order valence-corrected chi connectivity index (χ3v) is 3.00. The van der Waals surface area contributed by atoms with Crippen LogP contribution < -0.4 is 11.1 Å². The van der Waals surface area contributed by atoms with Crippen LogP contribution in [0.5, 0.6) is 0 Å². The summed E-state index contributed by atoms with van der Waals surface area (Å²) in [5.41, 5.74) is 5.95. The molecule has 0 spiro atoms. The predicted molar refractivity (Wildman–Crippen MR) is 66.8 cm³/mol. The Morgan fingerprint density at radius 1 is 1.41 bits per heavy atom. The Balaban J connectivity index is 1.83. The number of hydrogen-bond acceptors (Lipinski definition) is 5. The van der Waals surface area contributed by atoms with Crippen LogP contribution >= 0.6 is 11.3 Å². The second kappa shape index (κ2) is 5.40. The molecule has 2 aromatic heterocycles. The van der Waals surface area contributed by atoms with E-state index in [2.05, 4.69) is 15.3 Å². The molecule has 0 bridgehead atoms. The molecule has 0 aliphatic rings. The van der Waals surface area contributed by atoms with E-state index in [0.29, 0.717) is 17.9 Å². The first-order chi connectivity index (χ1) is 8.25. The summed E-state index contributed by atoms with van der Waals surface area (Å²) < 4.78 is 0. The first kappa shape index (κ1) is 11.5. The zero-order valence-electron chi connectivity index (χ0n) is 9.09. The standard InChI is InChI=1S/C11H12N4OS/c12-9-2-1-8(7-15-9)11(16)14-4-3-10-13-5-6-17-10/h1-2,5-7H,3-4H2,(H2,12,15)(H,14,16). The lowest BCUT2D eigenvalue weighted by molar-refractivity contribution is 0.0954. The van der Waals surface area contributed by atoms with Gasteiger partial charge in [0.25, 0.3) is 5.91 Å². The van der Waals surface area contributed by atoms with Gasteiger partial charge in [-0.1, -0.05) is 0 Å². The maximum Gasteiger partial charge on any atom is 0.252 e. The number of nitrogens with two attached hydrogens (primary N) is 1. The largest absolute Gasteiger partial charge is 0.384 e. The summed E-state index contributed by atoms with van der Waals surface area (Å²) in [6, 6.07) is 3.26. The number of amides is 1. The minimum Gasteiger partial charge on any atom is -0.384 e. The number of anilines is 1. The van der Waals surface area contributed by atoms with Crippen LogP contribution in [0.3, 0.4) is 0 Å². The number of nitrogens with zero attached hydrogens (tertiary/aromatic N) is 2. The number of hydrogen-bond donors (Lipinski definition) is 2. The van der Waals surface area contributed by atoms with Gasteiger partial charge >= 0.3 is 0 Å². The number of pyridine rings is 1. The van der Waals surface area contributed by atoms with Crippen molar-refractivity contribution in [3.05, 3.63) is 40.5 Å². The fourth-order valence-corrected chi connectivity index (χ4v) is 1.92. The van der Waals surface area contributed by atoms with Crippen LogP contribution in [0, 0.1) is 0 Å². The zero-order chi connectivity index (χ0) is 12.1. The van der Waals surface area contributed by atoms with E-state index in [1.54, 1.807) is 29.7 Å². The lowest BCUT2D eigenvalue weighted by Crippen LogP contribution is -2.25. The minimum absolute atomic E-state index is 0.144. The van der Waals surface area contributed by atoms with Gasteiger partial charge in [0, 0.05) is 30.7 Å². The van der Waals surface area contributed by atoms with Crippen molar-refractivity contribution in [3.63, 3.8) is 0 Å². The van der Waals surface area contributed by atoms with Gasteiger partial charge in [-0.3, -0.25) is 4.79 Å². The summed E-state index contributed by atoms with van der Waals surface area (Å²) in [5, 5.41) is 5.74. The van der Waals surface area contributed by atoms with Gasteiger partial charge in [-0.25, -0.2) is 9.97 Å². The van der Waals surface area contributed by atoms with E-state index in [4.69, 9.17) is 5.73 Å². The maximum absolute atomic E-state index is 11.7. The first-order valence-corrected chi connectivity index (χ1v) is 6.02. The van der Waals surface area contributed by atoms with Crippen LogP contribution in [0.25, 0.3) is 0 Å². The lowest BCUT2D eigenvalue weighted by Gasteiger charge is -2.03. The molecule has 0 fully saturated rings.